The van der Waals surface area contributed by atoms with Crippen LogP contribution in [0.2, 0.25) is 0 Å². The van der Waals surface area contributed by atoms with Crippen molar-refractivity contribution in [1.82, 2.24) is 0 Å². The Morgan fingerprint density at radius 3 is 2.67 bits per heavy atom. The van der Waals surface area contributed by atoms with Crippen LogP contribution in [-0.2, 0) is 4.79 Å². The largest absolute Gasteiger partial charge is 0.497 e. The second-order valence-corrected chi connectivity index (χ2v) is 4.91. The molecule has 0 aromatic heterocycles. The molecule has 3 N–H and O–H groups in total. The third-order valence-electron chi connectivity index (χ3n) is 2.76. The van der Waals surface area contributed by atoms with Crippen LogP contribution in [0.15, 0.2) is 18.2 Å². The second kappa shape index (κ2) is 6.40. The number of hydrogen-bond donors (Lipinski definition) is 2. The number of methoxy groups -OCH3 is 1. The normalized spacial score (nSPS) is 12.3. The monoisotopic (exact) mass is 250 g/mol. The minimum Gasteiger partial charge on any atom is -0.497 e. The number of carbonyl (C=O) groups excluding carboxylic acids is 1. The summed E-state index contributed by atoms with van der Waals surface area (Å²) in [4.78, 5) is 11.9. The van der Waals surface area contributed by atoms with E-state index in [-0.39, 0.29) is 5.91 Å². The summed E-state index contributed by atoms with van der Waals surface area (Å²) in [5.74, 6) is 0.963. The number of anilines is 1. The molecule has 4 heteroatoms. The van der Waals surface area contributed by atoms with E-state index in [1.807, 2.05) is 32.9 Å². The van der Waals surface area contributed by atoms with Crippen molar-refractivity contribution in [3.8, 4) is 5.75 Å². The Balaban J connectivity index is 2.74. The SMILES string of the molecule is COc1ccc(C)c(NC(=O)C(N)CC(C)C)c1. The van der Waals surface area contributed by atoms with Crippen molar-refractivity contribution >= 4 is 11.6 Å². The summed E-state index contributed by atoms with van der Waals surface area (Å²) in [5, 5.41) is 2.85. The number of amides is 1. The van der Waals surface area contributed by atoms with Gasteiger partial charge in [-0.2, -0.15) is 0 Å². The topological polar surface area (TPSA) is 64.3 Å². The minimum atomic E-state index is -0.476. The summed E-state index contributed by atoms with van der Waals surface area (Å²) in [7, 11) is 1.60. The molecule has 1 aromatic rings. The molecule has 0 aliphatic rings. The smallest absolute Gasteiger partial charge is 0.241 e. The molecule has 1 rings (SSSR count). The van der Waals surface area contributed by atoms with E-state index in [0.29, 0.717) is 18.1 Å². The molecule has 18 heavy (non-hydrogen) atoms. The zero-order valence-corrected chi connectivity index (χ0v) is 11.5. The summed E-state index contributed by atoms with van der Waals surface area (Å²) < 4.78 is 5.13. The highest BCUT2D eigenvalue weighted by Gasteiger charge is 2.15. The van der Waals surface area contributed by atoms with Crippen molar-refractivity contribution < 1.29 is 9.53 Å². The third kappa shape index (κ3) is 4.04. The van der Waals surface area contributed by atoms with Gasteiger partial charge in [-0.3, -0.25) is 4.79 Å². The second-order valence-electron chi connectivity index (χ2n) is 4.91. The fourth-order valence-corrected chi connectivity index (χ4v) is 1.70. The first-order valence-electron chi connectivity index (χ1n) is 6.15. The van der Waals surface area contributed by atoms with Gasteiger partial charge in [0.25, 0.3) is 0 Å². The molecule has 0 radical (unpaired) electrons. The highest BCUT2D eigenvalue weighted by atomic mass is 16.5. The van der Waals surface area contributed by atoms with E-state index < -0.39 is 6.04 Å². The number of nitrogens with one attached hydrogen (secondary N) is 1. The van der Waals surface area contributed by atoms with Crippen molar-refractivity contribution in [3.05, 3.63) is 23.8 Å². The lowest BCUT2D eigenvalue weighted by molar-refractivity contribution is -0.117. The van der Waals surface area contributed by atoms with Crippen LogP contribution < -0.4 is 15.8 Å². The van der Waals surface area contributed by atoms with E-state index in [2.05, 4.69) is 5.32 Å². The maximum atomic E-state index is 11.9. The maximum absolute atomic E-state index is 11.9. The number of ether oxygens (including phenoxy) is 1. The molecule has 0 aliphatic carbocycles. The summed E-state index contributed by atoms with van der Waals surface area (Å²) in [6.45, 7) is 6.02. The molecule has 0 bridgehead atoms. The van der Waals surface area contributed by atoms with Crippen LogP contribution in [0.25, 0.3) is 0 Å². The Morgan fingerprint density at radius 1 is 1.44 bits per heavy atom. The van der Waals surface area contributed by atoms with Crippen molar-refractivity contribution in [2.45, 2.75) is 33.2 Å². The molecule has 0 spiro atoms. The van der Waals surface area contributed by atoms with Gasteiger partial charge in [-0.25, -0.2) is 0 Å². The molecule has 1 atom stereocenters. The lowest BCUT2D eigenvalue weighted by Gasteiger charge is -2.15. The predicted molar refractivity (Wildman–Crippen MR) is 73.8 cm³/mol. The first-order valence-corrected chi connectivity index (χ1v) is 6.15. The molecule has 0 saturated heterocycles. The van der Waals surface area contributed by atoms with Crippen LogP contribution in [0.1, 0.15) is 25.8 Å². The van der Waals surface area contributed by atoms with Crippen LogP contribution in [0.4, 0.5) is 5.69 Å². The highest BCUT2D eigenvalue weighted by Crippen LogP contribution is 2.22. The molecule has 0 aliphatic heterocycles. The fraction of sp³-hybridized carbons (Fsp3) is 0.500. The van der Waals surface area contributed by atoms with E-state index >= 15 is 0 Å². The van der Waals surface area contributed by atoms with Gasteiger partial charge in [0, 0.05) is 11.8 Å². The van der Waals surface area contributed by atoms with E-state index in [4.69, 9.17) is 10.5 Å². The lowest BCUT2D eigenvalue weighted by Crippen LogP contribution is -2.36. The zero-order valence-electron chi connectivity index (χ0n) is 11.5. The van der Waals surface area contributed by atoms with Crippen LogP contribution in [0.5, 0.6) is 5.75 Å². The van der Waals surface area contributed by atoms with Gasteiger partial charge in [0.15, 0.2) is 0 Å². The number of carbonyl (C=O) groups is 1. The van der Waals surface area contributed by atoms with Gasteiger partial charge >= 0.3 is 0 Å². The van der Waals surface area contributed by atoms with Gasteiger partial charge in [0.2, 0.25) is 5.91 Å². The molecule has 1 amide bonds. The molecule has 0 heterocycles. The molecular weight excluding hydrogens is 228 g/mol. The predicted octanol–water partition coefficient (Wildman–Crippen LogP) is 2.32. The van der Waals surface area contributed by atoms with Gasteiger partial charge in [0.1, 0.15) is 5.75 Å². The fourth-order valence-electron chi connectivity index (χ4n) is 1.70. The van der Waals surface area contributed by atoms with E-state index in [1.54, 1.807) is 13.2 Å². The molecular formula is C14H22N2O2. The first-order chi connectivity index (χ1) is 8.43. The average Bonchev–Trinajstić information content (AvgIpc) is 2.31. The van der Waals surface area contributed by atoms with Crippen LogP contribution in [-0.4, -0.2) is 19.1 Å². The summed E-state index contributed by atoms with van der Waals surface area (Å²) in [6, 6.07) is 5.09. The zero-order chi connectivity index (χ0) is 13.7. The average molecular weight is 250 g/mol. The molecule has 1 unspecified atom stereocenters. The molecule has 100 valence electrons. The van der Waals surface area contributed by atoms with Crippen molar-refractivity contribution in [1.29, 1.82) is 0 Å². The van der Waals surface area contributed by atoms with Crippen molar-refractivity contribution in [2.75, 3.05) is 12.4 Å². The van der Waals surface area contributed by atoms with E-state index in [9.17, 15) is 4.79 Å². The minimum absolute atomic E-state index is 0.153. The Kier molecular flexibility index (Phi) is 5.16. The summed E-state index contributed by atoms with van der Waals surface area (Å²) in [5.41, 5.74) is 7.58. The quantitative estimate of drug-likeness (QED) is 0.843. The first kappa shape index (κ1) is 14.5. The van der Waals surface area contributed by atoms with Crippen molar-refractivity contribution in [3.63, 3.8) is 0 Å². The number of benzene rings is 1. The number of aryl methyl sites for hydroxylation is 1. The van der Waals surface area contributed by atoms with Crippen LogP contribution in [0.3, 0.4) is 0 Å². The summed E-state index contributed by atoms with van der Waals surface area (Å²) >= 11 is 0. The number of nitrogens with two attached hydrogens (primary N) is 1. The van der Waals surface area contributed by atoms with E-state index in [0.717, 1.165) is 11.3 Å². The van der Waals surface area contributed by atoms with Crippen LogP contribution >= 0.6 is 0 Å². The molecule has 0 saturated carbocycles. The van der Waals surface area contributed by atoms with E-state index in [1.165, 1.54) is 0 Å². The Hall–Kier alpha value is -1.55. The molecule has 0 fully saturated rings. The Morgan fingerprint density at radius 2 is 2.11 bits per heavy atom. The lowest BCUT2D eigenvalue weighted by atomic mass is 10.0. The Labute approximate surface area is 109 Å². The molecule has 4 nitrogen and oxygen atoms in total. The standard InChI is InChI=1S/C14H22N2O2/c1-9(2)7-12(15)14(17)16-13-8-11(18-4)6-5-10(13)3/h5-6,8-9,12H,7,15H2,1-4H3,(H,16,17). The van der Waals surface area contributed by atoms with Gasteiger partial charge < -0.3 is 15.8 Å². The van der Waals surface area contributed by atoms with Crippen molar-refractivity contribution in [2.24, 2.45) is 11.7 Å². The van der Waals surface area contributed by atoms with Gasteiger partial charge in [-0.15, -0.1) is 0 Å². The van der Waals surface area contributed by atoms with Gasteiger partial charge in [-0.05, 0) is 30.9 Å². The Bertz CT molecular complexity index is 416. The third-order valence-corrected chi connectivity index (χ3v) is 2.76. The van der Waals surface area contributed by atoms with Crippen LogP contribution in [0, 0.1) is 12.8 Å². The highest BCUT2D eigenvalue weighted by molar-refractivity contribution is 5.95. The number of hydrogen-bond acceptors (Lipinski definition) is 3. The van der Waals surface area contributed by atoms with Gasteiger partial charge in [0.05, 0.1) is 13.2 Å². The maximum Gasteiger partial charge on any atom is 0.241 e. The number of rotatable bonds is 5. The molecule has 1 aromatic carbocycles. The summed E-state index contributed by atoms with van der Waals surface area (Å²) in [6.07, 6.45) is 0.675. The van der Waals surface area contributed by atoms with Gasteiger partial charge in [-0.1, -0.05) is 19.9 Å².